The van der Waals surface area contributed by atoms with E-state index in [0.717, 1.165) is 22.3 Å². The molecule has 0 atom stereocenters. The Morgan fingerprint density at radius 2 is 0.974 bits per heavy atom. The minimum Gasteiger partial charge on any atom is -0.607 e. The predicted octanol–water partition coefficient (Wildman–Crippen LogP) is 6.57. The molecule has 0 heterocycles. The topological polar surface area (TPSA) is 60.0 Å². The zero-order chi connectivity index (χ0) is 27.0. The van der Waals surface area contributed by atoms with Crippen molar-refractivity contribution in [3.63, 3.8) is 0 Å². The molecule has 0 fully saturated rings. The summed E-state index contributed by atoms with van der Waals surface area (Å²) in [7, 11) is 6.38. The predicted molar refractivity (Wildman–Crippen MR) is 154 cm³/mol. The summed E-state index contributed by atoms with van der Waals surface area (Å²) in [6.07, 6.45) is 16.2. The van der Waals surface area contributed by atoms with Gasteiger partial charge >= 0.3 is 0 Å². The SMILES string of the molecule is COC1(OC)C=CC(C=Cc2ccccc2)=C([S+]([O-])C2=C(C=Cc3ccccc3)C=CC(OC)(OC)C2)C1. The summed E-state index contributed by atoms with van der Waals surface area (Å²) >= 11 is -1.53. The zero-order valence-electron chi connectivity index (χ0n) is 22.3. The fourth-order valence-corrected chi connectivity index (χ4v) is 6.07. The van der Waals surface area contributed by atoms with Gasteiger partial charge in [-0.05, 0) is 47.6 Å². The van der Waals surface area contributed by atoms with Crippen molar-refractivity contribution in [2.75, 3.05) is 28.4 Å². The van der Waals surface area contributed by atoms with Gasteiger partial charge < -0.3 is 23.5 Å². The van der Waals surface area contributed by atoms with Crippen LogP contribution in [0.2, 0.25) is 0 Å². The number of ether oxygens (including phenoxy) is 4. The third-order valence-electron chi connectivity index (χ3n) is 6.83. The lowest BCUT2D eigenvalue weighted by atomic mass is 10.00. The van der Waals surface area contributed by atoms with Gasteiger partial charge in [-0.15, -0.1) is 0 Å². The molecule has 5 nitrogen and oxygen atoms in total. The maximum atomic E-state index is 14.5. The van der Waals surface area contributed by atoms with Crippen molar-refractivity contribution in [2.24, 2.45) is 0 Å². The van der Waals surface area contributed by atoms with Gasteiger partial charge in [0.05, 0.1) is 12.8 Å². The molecule has 2 aromatic carbocycles. The first kappa shape index (κ1) is 28.0. The van der Waals surface area contributed by atoms with Crippen molar-refractivity contribution in [2.45, 2.75) is 24.4 Å². The van der Waals surface area contributed by atoms with Crippen LogP contribution in [0.4, 0.5) is 0 Å². The molecule has 0 N–H and O–H groups in total. The zero-order valence-corrected chi connectivity index (χ0v) is 23.1. The van der Waals surface area contributed by atoms with Gasteiger partial charge in [-0.25, -0.2) is 0 Å². The molecule has 0 saturated heterocycles. The van der Waals surface area contributed by atoms with Gasteiger partial charge in [0.1, 0.15) is 9.81 Å². The number of hydrogen-bond acceptors (Lipinski definition) is 5. The Morgan fingerprint density at radius 1 is 0.605 bits per heavy atom. The van der Waals surface area contributed by atoms with Crippen LogP contribution < -0.4 is 0 Å². The van der Waals surface area contributed by atoms with E-state index in [1.54, 1.807) is 28.4 Å². The van der Waals surface area contributed by atoms with Gasteiger partial charge in [-0.2, -0.15) is 0 Å². The average Bonchev–Trinajstić information content (AvgIpc) is 2.99. The summed E-state index contributed by atoms with van der Waals surface area (Å²) < 4.78 is 37.4. The average molecular weight is 531 g/mol. The van der Waals surface area contributed by atoms with Crippen molar-refractivity contribution in [3.05, 3.63) is 129 Å². The van der Waals surface area contributed by atoms with E-state index in [9.17, 15) is 4.55 Å². The Bertz CT molecular complexity index is 1160. The molecule has 0 unspecified atom stereocenters. The van der Waals surface area contributed by atoms with Gasteiger partial charge in [0.25, 0.3) is 0 Å². The van der Waals surface area contributed by atoms with Crippen LogP contribution in [-0.2, 0) is 30.1 Å². The second-order valence-electron chi connectivity index (χ2n) is 8.97. The van der Waals surface area contributed by atoms with Crippen LogP contribution in [0.25, 0.3) is 12.2 Å². The lowest BCUT2D eigenvalue weighted by molar-refractivity contribution is -0.168. The minimum absolute atomic E-state index is 0.313. The summed E-state index contributed by atoms with van der Waals surface area (Å²) in [4.78, 5) is 1.42. The smallest absolute Gasteiger partial charge is 0.195 e. The van der Waals surface area contributed by atoms with E-state index in [1.165, 1.54) is 0 Å². The first-order valence-electron chi connectivity index (χ1n) is 12.4. The number of benzene rings is 2. The van der Waals surface area contributed by atoms with E-state index >= 15 is 0 Å². The van der Waals surface area contributed by atoms with Crippen LogP contribution in [0.1, 0.15) is 24.0 Å². The molecule has 0 aromatic heterocycles. The van der Waals surface area contributed by atoms with E-state index in [-0.39, 0.29) is 0 Å². The Balaban J connectivity index is 1.80. The number of allylic oxidation sites excluding steroid dienone is 6. The van der Waals surface area contributed by atoms with E-state index in [2.05, 4.69) is 0 Å². The molecule has 0 radical (unpaired) electrons. The molecule has 2 aromatic rings. The lowest BCUT2D eigenvalue weighted by Gasteiger charge is -2.35. The van der Waals surface area contributed by atoms with Crippen LogP contribution >= 0.6 is 0 Å². The van der Waals surface area contributed by atoms with Crippen molar-refractivity contribution >= 4 is 23.3 Å². The Hall–Kier alpha value is -2.97. The van der Waals surface area contributed by atoms with Gasteiger partial charge in [0, 0.05) is 50.8 Å². The van der Waals surface area contributed by atoms with Crippen molar-refractivity contribution in [1.82, 2.24) is 0 Å². The van der Waals surface area contributed by atoms with Crippen molar-refractivity contribution in [1.29, 1.82) is 0 Å². The first-order chi connectivity index (χ1) is 18.5. The highest BCUT2D eigenvalue weighted by Gasteiger charge is 2.42. The molecule has 0 amide bonds. The molecular weight excluding hydrogens is 496 g/mol. The van der Waals surface area contributed by atoms with E-state index < -0.39 is 22.8 Å². The second kappa shape index (κ2) is 12.7. The van der Waals surface area contributed by atoms with Gasteiger partial charge in [0.2, 0.25) is 0 Å². The number of rotatable bonds is 10. The normalized spacial score (nSPS) is 19.6. The lowest BCUT2D eigenvalue weighted by Crippen LogP contribution is -2.38. The van der Waals surface area contributed by atoms with Crippen LogP contribution in [0.5, 0.6) is 0 Å². The summed E-state index contributed by atoms with van der Waals surface area (Å²) in [5, 5.41) is 0. The molecular formula is C32H34O5S. The number of methoxy groups -OCH3 is 4. The third-order valence-corrected chi connectivity index (χ3v) is 8.49. The highest BCUT2D eigenvalue weighted by atomic mass is 32.2. The first-order valence-corrected chi connectivity index (χ1v) is 13.6. The maximum absolute atomic E-state index is 14.5. The Kier molecular flexibility index (Phi) is 9.39. The Morgan fingerprint density at radius 3 is 1.32 bits per heavy atom. The summed E-state index contributed by atoms with van der Waals surface area (Å²) in [5.41, 5.74) is 3.81. The van der Waals surface area contributed by atoms with Gasteiger partial charge in [-0.3, -0.25) is 0 Å². The Labute approximate surface area is 228 Å². The molecule has 0 bridgehead atoms. The van der Waals surface area contributed by atoms with Crippen LogP contribution in [0.15, 0.2) is 118 Å². The van der Waals surface area contributed by atoms with Crippen molar-refractivity contribution in [3.8, 4) is 0 Å². The quantitative estimate of drug-likeness (QED) is 0.257. The molecule has 38 heavy (non-hydrogen) atoms. The second-order valence-corrected chi connectivity index (χ2v) is 10.5. The highest BCUT2D eigenvalue weighted by Crippen LogP contribution is 2.42. The monoisotopic (exact) mass is 530 g/mol. The summed E-state index contributed by atoms with van der Waals surface area (Å²) in [5.74, 6) is -2.00. The fraction of sp³-hybridized carbons (Fsp3) is 0.250. The summed E-state index contributed by atoms with van der Waals surface area (Å²) in [6, 6.07) is 20.0. The van der Waals surface area contributed by atoms with Crippen LogP contribution in [0, 0.1) is 0 Å². The molecule has 0 aliphatic heterocycles. The summed E-state index contributed by atoms with van der Waals surface area (Å²) in [6.45, 7) is 0. The third kappa shape index (κ3) is 6.35. The molecule has 198 valence electrons. The standard InChI is InChI=1S/C32H34O5S/c1-34-31(35-2)21-19-27(17-15-25-11-7-5-8-12-25)29(23-31)38(33)30-24-32(36-3,37-4)22-20-28(30)18-16-26-13-9-6-10-14-26/h5-22H,23-24H2,1-4H3. The van der Waals surface area contributed by atoms with Crippen molar-refractivity contribution < 1.29 is 23.5 Å². The number of hydrogen-bond donors (Lipinski definition) is 0. The van der Waals surface area contributed by atoms with E-state index in [4.69, 9.17) is 18.9 Å². The van der Waals surface area contributed by atoms with Crippen LogP contribution in [-0.4, -0.2) is 44.6 Å². The molecule has 0 saturated carbocycles. The molecule has 2 aliphatic carbocycles. The minimum atomic E-state index is -1.53. The highest BCUT2D eigenvalue weighted by molar-refractivity contribution is 7.99. The molecule has 0 spiro atoms. The largest absolute Gasteiger partial charge is 0.607 e. The van der Waals surface area contributed by atoms with Crippen LogP contribution in [0.3, 0.4) is 0 Å². The molecule has 6 heteroatoms. The van der Waals surface area contributed by atoms with E-state index in [0.29, 0.717) is 22.7 Å². The maximum Gasteiger partial charge on any atom is 0.195 e. The van der Waals surface area contributed by atoms with Gasteiger partial charge in [-0.1, -0.05) is 72.8 Å². The molecule has 4 rings (SSSR count). The fourth-order valence-electron chi connectivity index (χ4n) is 4.41. The van der Waals surface area contributed by atoms with Gasteiger partial charge in [0.15, 0.2) is 11.6 Å². The molecule has 2 aliphatic rings. The van der Waals surface area contributed by atoms with E-state index in [1.807, 2.05) is 109 Å².